The number of benzene rings is 2. The number of aryl methyl sites for hydroxylation is 1. The number of halogens is 3. The standard InChI is InChI=1S/C16H12BrF2NO/c17-14-7-12(18)5-2-11(14)9-20-15-8-13(19)4-1-10(15)3-6-16(20)21/h1-2,4-5,7-8H,3,6,9H2. The van der Waals surface area contributed by atoms with Gasteiger partial charge in [0.15, 0.2) is 0 Å². The fraction of sp³-hybridized carbons (Fsp3) is 0.188. The molecule has 1 aliphatic heterocycles. The molecule has 0 aliphatic carbocycles. The van der Waals surface area contributed by atoms with Crippen molar-refractivity contribution in [1.82, 2.24) is 0 Å². The third-order valence-electron chi connectivity index (χ3n) is 3.59. The molecular formula is C16H12BrF2NO. The number of nitrogens with zero attached hydrogens (tertiary/aromatic N) is 1. The summed E-state index contributed by atoms with van der Waals surface area (Å²) in [5, 5.41) is 0. The second kappa shape index (κ2) is 5.56. The molecule has 0 unspecified atom stereocenters. The van der Waals surface area contributed by atoms with Crippen LogP contribution in [0, 0.1) is 11.6 Å². The molecular weight excluding hydrogens is 340 g/mol. The van der Waals surface area contributed by atoms with Gasteiger partial charge < -0.3 is 4.90 Å². The Hall–Kier alpha value is -1.75. The molecule has 108 valence electrons. The Morgan fingerprint density at radius 1 is 1.05 bits per heavy atom. The Morgan fingerprint density at radius 3 is 2.52 bits per heavy atom. The van der Waals surface area contributed by atoms with Crippen molar-refractivity contribution in [1.29, 1.82) is 0 Å². The maximum atomic E-state index is 13.5. The van der Waals surface area contributed by atoms with Crippen molar-refractivity contribution in [3.8, 4) is 0 Å². The minimum atomic E-state index is -0.369. The average molecular weight is 352 g/mol. The van der Waals surface area contributed by atoms with Crippen LogP contribution >= 0.6 is 15.9 Å². The molecule has 0 saturated heterocycles. The first kappa shape index (κ1) is 14.2. The van der Waals surface area contributed by atoms with Crippen molar-refractivity contribution in [3.63, 3.8) is 0 Å². The van der Waals surface area contributed by atoms with E-state index in [1.165, 1.54) is 24.3 Å². The molecule has 0 spiro atoms. The third-order valence-corrected chi connectivity index (χ3v) is 4.33. The van der Waals surface area contributed by atoms with Gasteiger partial charge in [0.05, 0.1) is 12.2 Å². The summed E-state index contributed by atoms with van der Waals surface area (Å²) in [6.07, 6.45) is 1.02. The lowest BCUT2D eigenvalue weighted by Crippen LogP contribution is -2.34. The van der Waals surface area contributed by atoms with Crippen LogP contribution in [-0.4, -0.2) is 5.91 Å². The van der Waals surface area contributed by atoms with Crippen molar-refractivity contribution in [3.05, 3.63) is 63.6 Å². The fourth-order valence-electron chi connectivity index (χ4n) is 2.50. The van der Waals surface area contributed by atoms with Crippen molar-refractivity contribution >= 4 is 27.5 Å². The molecule has 21 heavy (non-hydrogen) atoms. The highest BCUT2D eigenvalue weighted by Crippen LogP contribution is 2.31. The second-order valence-electron chi connectivity index (χ2n) is 4.99. The van der Waals surface area contributed by atoms with E-state index in [1.54, 1.807) is 17.0 Å². The normalized spacial score (nSPS) is 14.2. The SMILES string of the molecule is O=C1CCc2ccc(F)cc2N1Cc1ccc(F)cc1Br. The van der Waals surface area contributed by atoms with Gasteiger partial charge in [0.25, 0.3) is 0 Å². The van der Waals surface area contributed by atoms with Crippen LogP contribution < -0.4 is 4.90 Å². The first-order chi connectivity index (χ1) is 10.0. The van der Waals surface area contributed by atoms with Gasteiger partial charge in [0, 0.05) is 10.9 Å². The summed E-state index contributed by atoms with van der Waals surface area (Å²) in [6, 6.07) is 8.83. The summed E-state index contributed by atoms with van der Waals surface area (Å²) < 4.78 is 27.2. The number of carbonyl (C=O) groups is 1. The maximum absolute atomic E-state index is 13.5. The number of amides is 1. The Balaban J connectivity index is 1.98. The molecule has 1 aliphatic rings. The number of hydrogen-bond acceptors (Lipinski definition) is 1. The average Bonchev–Trinajstić information content (AvgIpc) is 2.44. The quantitative estimate of drug-likeness (QED) is 0.793. The molecule has 0 saturated carbocycles. The van der Waals surface area contributed by atoms with E-state index in [0.29, 0.717) is 23.0 Å². The maximum Gasteiger partial charge on any atom is 0.227 e. The highest BCUT2D eigenvalue weighted by Gasteiger charge is 2.25. The lowest BCUT2D eigenvalue weighted by atomic mass is 10.0. The highest BCUT2D eigenvalue weighted by molar-refractivity contribution is 9.10. The topological polar surface area (TPSA) is 20.3 Å². The van der Waals surface area contributed by atoms with Crippen LogP contribution in [0.5, 0.6) is 0 Å². The predicted molar refractivity (Wildman–Crippen MR) is 80.0 cm³/mol. The molecule has 2 aromatic carbocycles. The van der Waals surface area contributed by atoms with Crippen LogP contribution in [-0.2, 0) is 17.8 Å². The Kier molecular flexibility index (Phi) is 3.76. The van der Waals surface area contributed by atoms with Crippen LogP contribution in [0.4, 0.5) is 14.5 Å². The monoisotopic (exact) mass is 351 g/mol. The van der Waals surface area contributed by atoms with E-state index in [2.05, 4.69) is 15.9 Å². The van der Waals surface area contributed by atoms with Crippen LogP contribution in [0.25, 0.3) is 0 Å². The Morgan fingerprint density at radius 2 is 1.76 bits per heavy atom. The summed E-state index contributed by atoms with van der Waals surface area (Å²) >= 11 is 3.30. The van der Waals surface area contributed by atoms with E-state index in [4.69, 9.17) is 0 Å². The highest BCUT2D eigenvalue weighted by atomic mass is 79.9. The van der Waals surface area contributed by atoms with E-state index in [0.717, 1.165) is 11.1 Å². The number of carbonyl (C=O) groups excluding carboxylic acids is 1. The molecule has 0 aromatic heterocycles. The number of anilines is 1. The zero-order chi connectivity index (χ0) is 15.0. The Bertz CT molecular complexity index is 717. The molecule has 0 bridgehead atoms. The lowest BCUT2D eigenvalue weighted by molar-refractivity contribution is -0.119. The molecule has 0 atom stereocenters. The van der Waals surface area contributed by atoms with Crippen molar-refractivity contribution < 1.29 is 13.6 Å². The summed E-state index contributed by atoms with van der Waals surface area (Å²) in [7, 11) is 0. The van der Waals surface area contributed by atoms with Gasteiger partial charge in [-0.15, -0.1) is 0 Å². The number of fused-ring (bicyclic) bond motifs is 1. The van der Waals surface area contributed by atoms with Gasteiger partial charge in [-0.25, -0.2) is 8.78 Å². The van der Waals surface area contributed by atoms with Gasteiger partial charge >= 0.3 is 0 Å². The molecule has 1 amide bonds. The number of rotatable bonds is 2. The van der Waals surface area contributed by atoms with Gasteiger partial charge in [0.1, 0.15) is 11.6 Å². The molecule has 1 heterocycles. The third kappa shape index (κ3) is 2.83. The molecule has 0 fully saturated rings. The van der Waals surface area contributed by atoms with Gasteiger partial charge in [-0.1, -0.05) is 28.1 Å². The minimum Gasteiger partial charge on any atom is -0.308 e. The van der Waals surface area contributed by atoms with Gasteiger partial charge in [-0.05, 0) is 41.8 Å². The van der Waals surface area contributed by atoms with Crippen LogP contribution in [0.2, 0.25) is 0 Å². The minimum absolute atomic E-state index is 0.0516. The largest absolute Gasteiger partial charge is 0.308 e. The summed E-state index contributed by atoms with van der Waals surface area (Å²) in [4.78, 5) is 13.7. The molecule has 0 radical (unpaired) electrons. The van der Waals surface area contributed by atoms with Crippen LogP contribution in [0.3, 0.4) is 0 Å². The molecule has 5 heteroatoms. The first-order valence-electron chi connectivity index (χ1n) is 6.57. The van der Waals surface area contributed by atoms with Crippen molar-refractivity contribution in [2.45, 2.75) is 19.4 Å². The van der Waals surface area contributed by atoms with Gasteiger partial charge in [0.2, 0.25) is 5.91 Å². The summed E-state index contributed by atoms with van der Waals surface area (Å²) in [6.45, 7) is 0.288. The predicted octanol–water partition coefficient (Wildman–Crippen LogP) is 4.21. The molecule has 3 rings (SSSR count). The van der Waals surface area contributed by atoms with E-state index >= 15 is 0 Å². The van der Waals surface area contributed by atoms with E-state index in [9.17, 15) is 13.6 Å². The smallest absolute Gasteiger partial charge is 0.227 e. The summed E-state index contributed by atoms with van der Waals surface area (Å²) in [5.74, 6) is -0.766. The van der Waals surface area contributed by atoms with E-state index in [1.807, 2.05) is 0 Å². The Labute approximate surface area is 129 Å². The van der Waals surface area contributed by atoms with Crippen LogP contribution in [0.15, 0.2) is 40.9 Å². The van der Waals surface area contributed by atoms with Gasteiger partial charge in [-0.3, -0.25) is 4.79 Å². The van der Waals surface area contributed by atoms with Crippen molar-refractivity contribution in [2.75, 3.05) is 4.90 Å². The van der Waals surface area contributed by atoms with Crippen LogP contribution in [0.1, 0.15) is 17.5 Å². The zero-order valence-electron chi connectivity index (χ0n) is 11.1. The van der Waals surface area contributed by atoms with Crippen molar-refractivity contribution in [2.24, 2.45) is 0 Å². The lowest BCUT2D eigenvalue weighted by Gasteiger charge is -2.29. The second-order valence-corrected chi connectivity index (χ2v) is 5.84. The van der Waals surface area contributed by atoms with E-state index in [-0.39, 0.29) is 24.1 Å². The molecule has 0 N–H and O–H groups in total. The van der Waals surface area contributed by atoms with E-state index < -0.39 is 0 Å². The van der Waals surface area contributed by atoms with Gasteiger partial charge in [-0.2, -0.15) is 0 Å². The fourth-order valence-corrected chi connectivity index (χ4v) is 2.98. The number of hydrogen-bond donors (Lipinski definition) is 0. The molecule has 2 nitrogen and oxygen atoms in total. The zero-order valence-corrected chi connectivity index (χ0v) is 12.7. The first-order valence-corrected chi connectivity index (χ1v) is 7.36. The summed E-state index contributed by atoms with van der Waals surface area (Å²) in [5.41, 5.74) is 2.33. The molecule has 2 aromatic rings.